The van der Waals surface area contributed by atoms with Crippen molar-refractivity contribution in [3.8, 4) is 0 Å². The van der Waals surface area contributed by atoms with Crippen molar-refractivity contribution < 1.29 is 28.7 Å². The summed E-state index contributed by atoms with van der Waals surface area (Å²) in [4.78, 5) is 65.2. The van der Waals surface area contributed by atoms with Crippen LogP contribution in [0.1, 0.15) is 71.7 Å². The Hall–Kier alpha value is -3.91. The summed E-state index contributed by atoms with van der Waals surface area (Å²) in [5.41, 5.74) is 1.66. The second kappa shape index (κ2) is 9.76. The van der Waals surface area contributed by atoms with Crippen LogP contribution in [0.4, 0.5) is 5.69 Å². The molecule has 4 rings (SSSR count). The summed E-state index contributed by atoms with van der Waals surface area (Å²) in [6.45, 7) is 5.17. The number of rotatable bonds is 7. The van der Waals surface area contributed by atoms with Crippen molar-refractivity contribution in [2.24, 2.45) is 0 Å². The number of hydrogen-bond acceptors (Lipinski definition) is 7. The van der Waals surface area contributed by atoms with Gasteiger partial charge in [-0.05, 0) is 32.9 Å². The predicted octanol–water partition coefficient (Wildman–Crippen LogP) is 4.67. The van der Waals surface area contributed by atoms with Gasteiger partial charge in [-0.25, -0.2) is 0 Å². The lowest BCUT2D eigenvalue weighted by Gasteiger charge is -2.21. The van der Waals surface area contributed by atoms with Crippen molar-refractivity contribution in [3.05, 3.63) is 86.1 Å². The molecule has 0 aliphatic heterocycles. The molecule has 0 spiro atoms. The van der Waals surface area contributed by atoms with Crippen LogP contribution in [0.2, 0.25) is 0 Å². The predicted molar refractivity (Wildman–Crippen MR) is 131 cm³/mol. The van der Waals surface area contributed by atoms with Crippen LogP contribution < -0.4 is 5.32 Å². The second-order valence-corrected chi connectivity index (χ2v) is 9.76. The number of aryl methyl sites for hydroxylation is 2. The third kappa shape index (κ3) is 4.83. The maximum absolute atomic E-state index is 13.1. The van der Waals surface area contributed by atoms with E-state index in [0.717, 1.165) is 9.75 Å². The standard InChI is InChI=1S/C27H23NO6S/c1-14-13-20(16(3)35-14)22(29)11-12-23(30)34-15(2)27(33)28-21-10-6-9-19-24(21)26(32)18-8-5-4-7-17(18)25(19)31/h4-10,13,15H,11-12H2,1-3H3,(H,28,33). The zero-order valence-electron chi connectivity index (χ0n) is 19.5. The van der Waals surface area contributed by atoms with E-state index in [0.29, 0.717) is 11.1 Å². The normalized spacial score (nSPS) is 13.0. The van der Waals surface area contributed by atoms with Gasteiger partial charge in [-0.2, -0.15) is 0 Å². The number of ether oxygens (including phenoxy) is 1. The van der Waals surface area contributed by atoms with Crippen LogP contribution in [-0.4, -0.2) is 35.3 Å². The van der Waals surface area contributed by atoms with Crippen molar-refractivity contribution in [2.75, 3.05) is 5.32 Å². The first kappa shape index (κ1) is 24.2. The Morgan fingerprint density at radius 3 is 2.23 bits per heavy atom. The molecule has 0 bridgehead atoms. The molecule has 1 atom stereocenters. The van der Waals surface area contributed by atoms with Gasteiger partial charge in [0.25, 0.3) is 5.91 Å². The molecule has 178 valence electrons. The maximum Gasteiger partial charge on any atom is 0.307 e. The number of benzene rings is 2. The molecule has 0 radical (unpaired) electrons. The number of amides is 1. The first-order chi connectivity index (χ1) is 16.7. The number of carbonyl (C=O) groups is 5. The smallest absolute Gasteiger partial charge is 0.307 e. The van der Waals surface area contributed by atoms with Crippen molar-refractivity contribution in [3.63, 3.8) is 0 Å². The van der Waals surface area contributed by atoms with E-state index in [4.69, 9.17) is 4.74 Å². The summed E-state index contributed by atoms with van der Waals surface area (Å²) < 4.78 is 5.20. The molecule has 2 aromatic carbocycles. The molecule has 1 unspecified atom stereocenters. The molecule has 1 aliphatic rings. The Morgan fingerprint density at radius 2 is 1.57 bits per heavy atom. The fourth-order valence-corrected chi connectivity index (χ4v) is 4.99. The average Bonchev–Trinajstić information content (AvgIpc) is 3.18. The van der Waals surface area contributed by atoms with Gasteiger partial charge in [0.2, 0.25) is 0 Å². The minimum Gasteiger partial charge on any atom is -0.453 e. The largest absolute Gasteiger partial charge is 0.453 e. The number of carbonyl (C=O) groups excluding carboxylic acids is 5. The lowest BCUT2D eigenvalue weighted by Crippen LogP contribution is -2.31. The summed E-state index contributed by atoms with van der Waals surface area (Å²) >= 11 is 1.52. The van der Waals surface area contributed by atoms with Gasteiger partial charge in [0.1, 0.15) is 0 Å². The number of ketones is 3. The monoisotopic (exact) mass is 489 g/mol. The van der Waals surface area contributed by atoms with E-state index in [9.17, 15) is 24.0 Å². The number of fused-ring (bicyclic) bond motifs is 2. The van der Waals surface area contributed by atoms with Crippen LogP contribution in [-0.2, 0) is 14.3 Å². The van der Waals surface area contributed by atoms with E-state index in [1.807, 2.05) is 13.8 Å². The van der Waals surface area contributed by atoms with Crippen LogP contribution in [0, 0.1) is 13.8 Å². The topological polar surface area (TPSA) is 107 Å². The van der Waals surface area contributed by atoms with Gasteiger partial charge in [0, 0.05) is 38.4 Å². The third-order valence-electron chi connectivity index (χ3n) is 5.79. The van der Waals surface area contributed by atoms with E-state index in [1.54, 1.807) is 36.4 Å². The molecular weight excluding hydrogens is 466 g/mol. The summed E-state index contributed by atoms with van der Waals surface area (Å²) in [6.07, 6.45) is -1.35. The molecule has 1 aromatic heterocycles. The number of esters is 1. The van der Waals surface area contributed by atoms with Gasteiger partial charge in [-0.15, -0.1) is 11.3 Å². The molecule has 1 heterocycles. The second-order valence-electron chi connectivity index (χ2n) is 8.30. The van der Waals surface area contributed by atoms with Gasteiger partial charge in [-0.1, -0.05) is 36.4 Å². The first-order valence-electron chi connectivity index (χ1n) is 11.1. The van der Waals surface area contributed by atoms with Crippen molar-refractivity contribution in [1.29, 1.82) is 0 Å². The number of thiophene rings is 1. The Balaban J connectivity index is 1.41. The van der Waals surface area contributed by atoms with Gasteiger partial charge >= 0.3 is 5.97 Å². The van der Waals surface area contributed by atoms with Gasteiger partial charge < -0.3 is 10.1 Å². The molecule has 1 aliphatic carbocycles. The van der Waals surface area contributed by atoms with E-state index in [1.165, 1.54) is 30.4 Å². The van der Waals surface area contributed by atoms with Crippen LogP contribution in [0.15, 0.2) is 48.5 Å². The molecule has 7 nitrogen and oxygen atoms in total. The Bertz CT molecular complexity index is 1390. The van der Waals surface area contributed by atoms with Crippen LogP contribution in [0.25, 0.3) is 0 Å². The van der Waals surface area contributed by atoms with E-state index >= 15 is 0 Å². The minimum atomic E-state index is -1.17. The summed E-state index contributed by atoms with van der Waals surface area (Å²) in [7, 11) is 0. The molecule has 8 heteroatoms. The Kier molecular flexibility index (Phi) is 6.75. The van der Waals surface area contributed by atoms with Crippen LogP contribution >= 0.6 is 11.3 Å². The molecule has 0 fully saturated rings. The van der Waals surface area contributed by atoms with Crippen LogP contribution in [0.3, 0.4) is 0 Å². The molecule has 35 heavy (non-hydrogen) atoms. The third-order valence-corrected chi connectivity index (χ3v) is 6.75. The van der Waals surface area contributed by atoms with Gasteiger partial charge in [0.15, 0.2) is 23.5 Å². The van der Waals surface area contributed by atoms with E-state index in [-0.39, 0.29) is 52.6 Å². The molecule has 0 saturated carbocycles. The minimum absolute atomic E-state index is 0.0214. The lowest BCUT2D eigenvalue weighted by atomic mass is 9.83. The number of anilines is 1. The molecule has 0 saturated heterocycles. The zero-order chi connectivity index (χ0) is 25.3. The summed E-state index contributed by atoms with van der Waals surface area (Å²) in [5.74, 6) is -2.15. The fourth-order valence-electron chi connectivity index (χ4n) is 4.05. The SMILES string of the molecule is Cc1cc(C(=O)CCC(=O)OC(C)C(=O)Nc2cccc3c2C(=O)c2ccccc2C3=O)c(C)s1. The zero-order valence-corrected chi connectivity index (χ0v) is 20.3. The average molecular weight is 490 g/mol. The first-order valence-corrected chi connectivity index (χ1v) is 11.9. The van der Waals surface area contributed by atoms with Crippen molar-refractivity contribution in [1.82, 2.24) is 0 Å². The molecule has 1 N–H and O–H groups in total. The van der Waals surface area contributed by atoms with Gasteiger partial charge in [0.05, 0.1) is 17.7 Å². The summed E-state index contributed by atoms with van der Waals surface area (Å²) in [5, 5.41) is 2.60. The number of nitrogens with one attached hydrogen (secondary N) is 1. The highest BCUT2D eigenvalue weighted by Gasteiger charge is 2.32. The fraction of sp³-hybridized carbons (Fsp3) is 0.222. The lowest BCUT2D eigenvalue weighted by molar-refractivity contribution is -0.153. The molecule has 1 amide bonds. The molecular formula is C27H23NO6S. The maximum atomic E-state index is 13.1. The highest BCUT2D eigenvalue weighted by atomic mass is 32.1. The molecule has 3 aromatic rings. The van der Waals surface area contributed by atoms with Gasteiger partial charge in [-0.3, -0.25) is 24.0 Å². The highest BCUT2D eigenvalue weighted by Crippen LogP contribution is 2.32. The summed E-state index contributed by atoms with van der Waals surface area (Å²) in [6, 6.07) is 13.0. The quantitative estimate of drug-likeness (QED) is 0.299. The number of hydrogen-bond donors (Lipinski definition) is 1. The Morgan fingerprint density at radius 1 is 0.914 bits per heavy atom. The van der Waals surface area contributed by atoms with Crippen LogP contribution in [0.5, 0.6) is 0 Å². The van der Waals surface area contributed by atoms with E-state index < -0.39 is 18.0 Å². The Labute approximate surface area is 206 Å². The van der Waals surface area contributed by atoms with Crippen molar-refractivity contribution in [2.45, 2.75) is 39.7 Å². The van der Waals surface area contributed by atoms with E-state index in [2.05, 4.69) is 5.32 Å². The number of Topliss-reactive ketones (excluding diaryl/α,β-unsaturated/α-hetero) is 1. The van der Waals surface area contributed by atoms with Crippen molar-refractivity contribution >= 4 is 46.3 Å². The highest BCUT2D eigenvalue weighted by molar-refractivity contribution is 7.12.